The lowest BCUT2D eigenvalue weighted by atomic mass is 9.96. The van der Waals surface area contributed by atoms with Crippen molar-refractivity contribution in [3.63, 3.8) is 0 Å². The highest BCUT2D eigenvalue weighted by Gasteiger charge is 2.34. The highest BCUT2D eigenvalue weighted by Crippen LogP contribution is 2.26. The minimum absolute atomic E-state index is 0.0881. The van der Waals surface area contributed by atoms with Crippen LogP contribution in [0.3, 0.4) is 0 Å². The van der Waals surface area contributed by atoms with Crippen LogP contribution in [0.15, 0.2) is 47.4 Å². The molecule has 2 saturated heterocycles. The summed E-state index contributed by atoms with van der Waals surface area (Å²) in [6, 6.07) is 14.0. The molecule has 34 heavy (non-hydrogen) atoms. The van der Waals surface area contributed by atoms with Crippen LogP contribution in [0.5, 0.6) is 0 Å². The molecule has 0 bridgehead atoms. The second-order valence-corrected chi connectivity index (χ2v) is 11.8. The van der Waals surface area contributed by atoms with E-state index >= 15 is 0 Å². The molecule has 4 rings (SSSR count). The fourth-order valence-electron chi connectivity index (χ4n) is 4.93. The van der Waals surface area contributed by atoms with Gasteiger partial charge in [0.2, 0.25) is 15.9 Å². The molecular formula is C27H37N3O3S. The van der Waals surface area contributed by atoms with Gasteiger partial charge in [-0.2, -0.15) is 4.31 Å². The minimum Gasteiger partial charge on any atom is -0.341 e. The fourth-order valence-corrected chi connectivity index (χ4v) is 6.48. The first kappa shape index (κ1) is 24.9. The van der Waals surface area contributed by atoms with Gasteiger partial charge in [0.25, 0.3) is 0 Å². The fraction of sp³-hybridized carbons (Fsp3) is 0.519. The summed E-state index contributed by atoms with van der Waals surface area (Å²) in [5.74, 6) is 0.107. The molecule has 0 aromatic heterocycles. The molecule has 2 aliphatic rings. The topological polar surface area (TPSA) is 60.9 Å². The minimum atomic E-state index is -3.52. The molecule has 0 saturated carbocycles. The maximum Gasteiger partial charge on any atom is 0.243 e. The maximum atomic E-state index is 13.3. The van der Waals surface area contributed by atoms with E-state index in [2.05, 4.69) is 36.1 Å². The molecule has 7 heteroatoms. The third-order valence-electron chi connectivity index (χ3n) is 7.35. The van der Waals surface area contributed by atoms with E-state index in [9.17, 15) is 13.2 Å². The molecular weight excluding hydrogens is 446 g/mol. The van der Waals surface area contributed by atoms with Crippen LogP contribution >= 0.6 is 0 Å². The van der Waals surface area contributed by atoms with Crippen LogP contribution in [0.4, 0.5) is 0 Å². The molecule has 2 aromatic carbocycles. The van der Waals surface area contributed by atoms with Gasteiger partial charge in [-0.05, 0) is 68.9 Å². The summed E-state index contributed by atoms with van der Waals surface area (Å²) >= 11 is 0. The molecule has 0 unspecified atom stereocenters. The van der Waals surface area contributed by atoms with Gasteiger partial charge in [-0.1, -0.05) is 35.9 Å². The number of nitrogens with zero attached hydrogens (tertiary/aromatic N) is 3. The van der Waals surface area contributed by atoms with Gasteiger partial charge in [-0.15, -0.1) is 0 Å². The number of carbonyl (C=O) groups excluding carboxylic acids is 1. The molecule has 0 radical (unpaired) electrons. The standard InChI is InChI=1S/C27H37N3O3S/c1-21-5-8-24(9-6-21)20-28-13-4-14-29(18-17-28)27(31)25-11-15-30(16-12-25)34(32,33)26-10-7-22(2)23(3)19-26/h5-10,19,25H,4,11-18,20H2,1-3H3. The van der Waals surface area contributed by atoms with Crippen molar-refractivity contribution < 1.29 is 13.2 Å². The first-order valence-electron chi connectivity index (χ1n) is 12.4. The van der Waals surface area contributed by atoms with Crippen LogP contribution in [-0.4, -0.2) is 67.7 Å². The number of rotatable bonds is 5. The van der Waals surface area contributed by atoms with Gasteiger partial charge in [0.15, 0.2) is 0 Å². The van der Waals surface area contributed by atoms with Gasteiger partial charge in [-0.3, -0.25) is 9.69 Å². The zero-order valence-electron chi connectivity index (χ0n) is 20.7. The van der Waals surface area contributed by atoms with E-state index in [0.29, 0.717) is 30.8 Å². The van der Waals surface area contributed by atoms with E-state index in [1.54, 1.807) is 16.4 Å². The van der Waals surface area contributed by atoms with Gasteiger partial charge in [0.05, 0.1) is 4.90 Å². The number of sulfonamides is 1. The average molecular weight is 484 g/mol. The van der Waals surface area contributed by atoms with Crippen molar-refractivity contribution in [2.24, 2.45) is 5.92 Å². The van der Waals surface area contributed by atoms with E-state index in [1.807, 2.05) is 24.8 Å². The number of amides is 1. The normalized spacial score (nSPS) is 19.2. The Morgan fingerprint density at radius 1 is 0.853 bits per heavy atom. The number of piperidine rings is 1. The molecule has 0 N–H and O–H groups in total. The molecule has 0 spiro atoms. The maximum absolute atomic E-state index is 13.3. The van der Waals surface area contributed by atoms with Crippen molar-refractivity contribution in [1.29, 1.82) is 0 Å². The van der Waals surface area contributed by atoms with Crippen molar-refractivity contribution in [1.82, 2.24) is 14.1 Å². The molecule has 6 nitrogen and oxygen atoms in total. The molecule has 0 atom stereocenters. The Bertz CT molecular complexity index is 1110. The van der Waals surface area contributed by atoms with Crippen LogP contribution < -0.4 is 0 Å². The van der Waals surface area contributed by atoms with Gasteiger partial charge < -0.3 is 4.90 Å². The number of hydrogen-bond acceptors (Lipinski definition) is 4. The Morgan fingerprint density at radius 3 is 2.24 bits per heavy atom. The van der Waals surface area contributed by atoms with Crippen molar-refractivity contribution in [2.45, 2.75) is 51.5 Å². The second-order valence-electron chi connectivity index (χ2n) is 9.87. The van der Waals surface area contributed by atoms with E-state index in [1.165, 1.54) is 11.1 Å². The number of hydrogen-bond donors (Lipinski definition) is 0. The Morgan fingerprint density at radius 2 is 1.56 bits per heavy atom. The predicted octanol–water partition coefficient (Wildman–Crippen LogP) is 3.75. The summed E-state index contributed by atoms with van der Waals surface area (Å²) in [7, 11) is -3.52. The van der Waals surface area contributed by atoms with E-state index in [0.717, 1.165) is 50.3 Å². The monoisotopic (exact) mass is 483 g/mol. The lowest BCUT2D eigenvalue weighted by molar-refractivity contribution is -0.136. The molecule has 2 aromatic rings. The molecule has 0 aliphatic carbocycles. The average Bonchev–Trinajstić information content (AvgIpc) is 3.07. The number of carbonyl (C=O) groups is 1. The van der Waals surface area contributed by atoms with Crippen LogP contribution in [0.1, 0.15) is 41.5 Å². The molecule has 1 amide bonds. The van der Waals surface area contributed by atoms with Crippen molar-refractivity contribution in [2.75, 3.05) is 39.3 Å². The zero-order valence-corrected chi connectivity index (χ0v) is 21.5. The van der Waals surface area contributed by atoms with Crippen molar-refractivity contribution in [3.05, 3.63) is 64.7 Å². The highest BCUT2D eigenvalue weighted by molar-refractivity contribution is 7.89. The first-order valence-corrected chi connectivity index (χ1v) is 13.8. The quantitative estimate of drug-likeness (QED) is 0.650. The smallest absolute Gasteiger partial charge is 0.243 e. The van der Waals surface area contributed by atoms with E-state index < -0.39 is 10.0 Å². The third kappa shape index (κ3) is 5.70. The van der Waals surface area contributed by atoms with Gasteiger partial charge in [0.1, 0.15) is 0 Å². The molecule has 184 valence electrons. The van der Waals surface area contributed by atoms with E-state index in [-0.39, 0.29) is 11.8 Å². The molecule has 2 heterocycles. The summed E-state index contributed by atoms with van der Waals surface area (Å²) < 4.78 is 27.8. The molecule has 2 fully saturated rings. The SMILES string of the molecule is Cc1ccc(CN2CCCN(C(=O)C3CCN(S(=O)(=O)c4ccc(C)c(C)c4)CC3)CC2)cc1. The highest BCUT2D eigenvalue weighted by atomic mass is 32.2. The van der Waals surface area contributed by atoms with Gasteiger partial charge in [0, 0.05) is 51.7 Å². The number of aryl methyl sites for hydroxylation is 3. The largest absolute Gasteiger partial charge is 0.341 e. The molecule has 2 aliphatic heterocycles. The van der Waals surface area contributed by atoms with Gasteiger partial charge in [-0.25, -0.2) is 8.42 Å². The lowest BCUT2D eigenvalue weighted by Crippen LogP contribution is -2.45. The Balaban J connectivity index is 1.30. The van der Waals surface area contributed by atoms with Crippen LogP contribution in [-0.2, 0) is 21.4 Å². The van der Waals surface area contributed by atoms with Crippen LogP contribution in [0.2, 0.25) is 0 Å². The predicted molar refractivity (Wildman–Crippen MR) is 135 cm³/mol. The third-order valence-corrected chi connectivity index (χ3v) is 9.24. The van der Waals surface area contributed by atoms with Crippen LogP contribution in [0.25, 0.3) is 0 Å². The Kier molecular flexibility index (Phi) is 7.75. The summed E-state index contributed by atoms with van der Waals surface area (Å²) in [5.41, 5.74) is 4.63. The van der Waals surface area contributed by atoms with Crippen molar-refractivity contribution in [3.8, 4) is 0 Å². The second kappa shape index (κ2) is 10.6. The Hall–Kier alpha value is -2.22. The van der Waals surface area contributed by atoms with Gasteiger partial charge >= 0.3 is 0 Å². The number of benzene rings is 2. The summed E-state index contributed by atoms with van der Waals surface area (Å²) in [6.07, 6.45) is 2.15. The first-order chi connectivity index (χ1) is 16.2. The van der Waals surface area contributed by atoms with Crippen LogP contribution in [0, 0.1) is 26.7 Å². The summed E-state index contributed by atoms with van der Waals surface area (Å²) in [5, 5.41) is 0. The van der Waals surface area contributed by atoms with E-state index in [4.69, 9.17) is 0 Å². The summed E-state index contributed by atoms with van der Waals surface area (Å²) in [4.78, 5) is 18.0. The zero-order chi connectivity index (χ0) is 24.3. The Labute approximate surface area is 204 Å². The lowest BCUT2D eigenvalue weighted by Gasteiger charge is -2.33. The summed E-state index contributed by atoms with van der Waals surface area (Å²) in [6.45, 7) is 11.1. The van der Waals surface area contributed by atoms with Crippen molar-refractivity contribution >= 4 is 15.9 Å².